The molecule has 3 nitrogen and oxygen atoms in total. The molecular formula is C11H17N3. The van der Waals surface area contributed by atoms with Gasteiger partial charge in [-0.25, -0.2) is 4.98 Å². The average molecular weight is 191 g/mol. The number of anilines is 1. The van der Waals surface area contributed by atoms with Gasteiger partial charge in [-0.05, 0) is 24.5 Å². The summed E-state index contributed by atoms with van der Waals surface area (Å²) in [7, 11) is 1.90. The minimum Gasteiger partial charge on any atom is -0.251 e. The molecule has 0 radical (unpaired) electrons. The van der Waals surface area contributed by atoms with Crippen molar-refractivity contribution in [3.63, 3.8) is 0 Å². The summed E-state index contributed by atoms with van der Waals surface area (Å²) in [5, 5.41) is 6.09. The summed E-state index contributed by atoms with van der Waals surface area (Å²) in [5.74, 6) is 1.38. The van der Waals surface area contributed by atoms with E-state index in [0.717, 1.165) is 12.2 Å². The number of pyridine rings is 1. The molecule has 3 heteroatoms. The molecule has 76 valence electrons. The average Bonchev–Trinajstić information content (AvgIpc) is 2.26. The molecule has 0 saturated carbocycles. The van der Waals surface area contributed by atoms with Crippen molar-refractivity contribution in [3.8, 4) is 0 Å². The first-order chi connectivity index (χ1) is 6.74. The number of hydrogen-bond donors (Lipinski definition) is 0. The molecule has 1 aromatic rings. The summed E-state index contributed by atoms with van der Waals surface area (Å²) in [6.07, 6.45) is 4.83. The van der Waals surface area contributed by atoms with E-state index in [4.69, 9.17) is 0 Å². The second-order valence-electron chi connectivity index (χ2n) is 3.36. The van der Waals surface area contributed by atoms with Gasteiger partial charge in [0.25, 0.3) is 0 Å². The molecule has 1 atom stereocenters. The monoisotopic (exact) mass is 191 g/mol. The van der Waals surface area contributed by atoms with E-state index in [-0.39, 0.29) is 0 Å². The third-order valence-electron chi connectivity index (χ3n) is 2.12. The van der Waals surface area contributed by atoms with Crippen LogP contribution in [0.4, 0.5) is 5.82 Å². The largest absolute Gasteiger partial charge is 0.251 e. The van der Waals surface area contributed by atoms with Crippen LogP contribution in [0.25, 0.3) is 0 Å². The lowest BCUT2D eigenvalue weighted by Crippen LogP contribution is -2.11. The fourth-order valence-corrected chi connectivity index (χ4v) is 0.924. The molecule has 1 unspecified atom stereocenters. The van der Waals surface area contributed by atoms with Gasteiger partial charge in [0, 0.05) is 19.5 Å². The molecular weight excluding hydrogens is 174 g/mol. The molecule has 0 N–H and O–H groups in total. The summed E-state index contributed by atoms with van der Waals surface area (Å²) < 4.78 is 0. The molecule has 0 bridgehead atoms. The summed E-state index contributed by atoms with van der Waals surface area (Å²) in [6, 6.07) is 5.79. The number of hydrogen-bond acceptors (Lipinski definition) is 3. The Morgan fingerprint density at radius 1 is 1.57 bits per heavy atom. The van der Waals surface area contributed by atoms with E-state index >= 15 is 0 Å². The lowest BCUT2D eigenvalue weighted by Gasteiger charge is -2.11. The van der Waals surface area contributed by atoms with E-state index < -0.39 is 0 Å². The van der Waals surface area contributed by atoms with Gasteiger partial charge in [0.1, 0.15) is 5.82 Å². The molecule has 0 aliphatic carbocycles. The summed E-state index contributed by atoms with van der Waals surface area (Å²) in [6.45, 7) is 4.30. The first-order valence-electron chi connectivity index (χ1n) is 4.93. The van der Waals surface area contributed by atoms with Crippen molar-refractivity contribution in [1.82, 2.24) is 4.98 Å². The normalized spacial score (nSPS) is 13.1. The van der Waals surface area contributed by atoms with Gasteiger partial charge in [-0.2, -0.15) is 5.10 Å². The Balaban J connectivity index is 2.59. The predicted molar refractivity (Wildman–Crippen MR) is 60.6 cm³/mol. The van der Waals surface area contributed by atoms with Crippen LogP contribution < -0.4 is 5.01 Å². The van der Waals surface area contributed by atoms with Crippen LogP contribution in [0.3, 0.4) is 0 Å². The third kappa shape index (κ3) is 3.17. The zero-order chi connectivity index (χ0) is 10.4. The zero-order valence-corrected chi connectivity index (χ0v) is 9.01. The molecule has 14 heavy (non-hydrogen) atoms. The van der Waals surface area contributed by atoms with Gasteiger partial charge < -0.3 is 0 Å². The zero-order valence-electron chi connectivity index (χ0n) is 9.01. The van der Waals surface area contributed by atoms with Crippen LogP contribution in [0.2, 0.25) is 0 Å². The lowest BCUT2D eigenvalue weighted by atomic mass is 10.1. The first-order valence-corrected chi connectivity index (χ1v) is 4.93. The topological polar surface area (TPSA) is 28.5 Å². The highest BCUT2D eigenvalue weighted by atomic mass is 15.5. The molecule has 0 spiro atoms. The number of hydrazone groups is 1. The van der Waals surface area contributed by atoms with Crippen molar-refractivity contribution in [2.45, 2.75) is 20.3 Å². The molecule has 0 fully saturated rings. The van der Waals surface area contributed by atoms with Gasteiger partial charge >= 0.3 is 0 Å². The highest BCUT2D eigenvalue weighted by Crippen LogP contribution is 2.07. The number of nitrogens with zero attached hydrogens (tertiary/aromatic N) is 3. The van der Waals surface area contributed by atoms with Gasteiger partial charge in [-0.15, -0.1) is 0 Å². The Bertz CT molecular complexity index is 282. The summed E-state index contributed by atoms with van der Waals surface area (Å²) >= 11 is 0. The highest BCUT2D eigenvalue weighted by Gasteiger charge is 1.98. The minimum absolute atomic E-state index is 0.515. The van der Waals surface area contributed by atoms with Gasteiger partial charge in [-0.1, -0.05) is 19.9 Å². The van der Waals surface area contributed by atoms with E-state index in [2.05, 4.69) is 23.9 Å². The maximum atomic E-state index is 4.31. The second-order valence-corrected chi connectivity index (χ2v) is 3.36. The first kappa shape index (κ1) is 10.7. The van der Waals surface area contributed by atoms with E-state index in [0.29, 0.717) is 5.92 Å². The Kier molecular flexibility index (Phi) is 4.11. The Morgan fingerprint density at radius 3 is 2.93 bits per heavy atom. The van der Waals surface area contributed by atoms with Crippen LogP contribution in [-0.4, -0.2) is 18.2 Å². The second kappa shape index (κ2) is 5.37. The van der Waals surface area contributed by atoms with Crippen LogP contribution in [0.15, 0.2) is 29.5 Å². The third-order valence-corrected chi connectivity index (χ3v) is 2.12. The van der Waals surface area contributed by atoms with Crippen LogP contribution in [0.1, 0.15) is 20.3 Å². The van der Waals surface area contributed by atoms with Crippen LogP contribution in [0.5, 0.6) is 0 Å². The van der Waals surface area contributed by atoms with Crippen LogP contribution in [0, 0.1) is 5.92 Å². The molecule has 0 aromatic carbocycles. The molecule has 1 rings (SSSR count). The van der Waals surface area contributed by atoms with Gasteiger partial charge in [0.15, 0.2) is 0 Å². The van der Waals surface area contributed by atoms with E-state index in [9.17, 15) is 0 Å². The summed E-state index contributed by atoms with van der Waals surface area (Å²) in [5.41, 5.74) is 0. The summed E-state index contributed by atoms with van der Waals surface area (Å²) in [4.78, 5) is 4.19. The van der Waals surface area contributed by atoms with Gasteiger partial charge in [-0.3, -0.25) is 5.01 Å². The Morgan fingerprint density at radius 2 is 2.36 bits per heavy atom. The maximum Gasteiger partial charge on any atom is 0.148 e. The van der Waals surface area contributed by atoms with Gasteiger partial charge in [0.05, 0.1) is 0 Å². The van der Waals surface area contributed by atoms with Crippen molar-refractivity contribution in [3.05, 3.63) is 24.4 Å². The van der Waals surface area contributed by atoms with Crippen LogP contribution >= 0.6 is 0 Å². The molecule has 0 aliphatic rings. The van der Waals surface area contributed by atoms with Crippen LogP contribution in [-0.2, 0) is 0 Å². The quantitative estimate of drug-likeness (QED) is 0.540. The minimum atomic E-state index is 0.515. The van der Waals surface area contributed by atoms with Crippen molar-refractivity contribution in [1.29, 1.82) is 0 Å². The van der Waals surface area contributed by atoms with Crippen molar-refractivity contribution in [2.24, 2.45) is 11.0 Å². The predicted octanol–water partition coefficient (Wildman–Crippen LogP) is 2.55. The Labute approximate surface area is 85.5 Å². The molecule has 0 aliphatic heterocycles. The van der Waals surface area contributed by atoms with Crippen molar-refractivity contribution < 1.29 is 0 Å². The Hall–Kier alpha value is -1.38. The standard InChI is InChI=1S/C11H17N3/c1-4-10(2)9-13-14(3)11-7-5-6-8-12-11/h5-10H,4H2,1-3H3/b13-9+. The van der Waals surface area contributed by atoms with Gasteiger partial charge in [0.2, 0.25) is 0 Å². The number of aromatic nitrogens is 1. The van der Waals surface area contributed by atoms with E-state index in [1.807, 2.05) is 31.5 Å². The molecule has 1 heterocycles. The van der Waals surface area contributed by atoms with E-state index in [1.54, 1.807) is 11.2 Å². The molecule has 1 aromatic heterocycles. The lowest BCUT2D eigenvalue weighted by molar-refractivity contribution is 0.748. The highest BCUT2D eigenvalue weighted by molar-refractivity contribution is 5.61. The van der Waals surface area contributed by atoms with E-state index in [1.165, 1.54) is 0 Å². The van der Waals surface area contributed by atoms with Crippen molar-refractivity contribution >= 4 is 12.0 Å². The fraction of sp³-hybridized carbons (Fsp3) is 0.455. The molecule has 0 amide bonds. The SMILES string of the molecule is CCC(C)/C=N/N(C)c1ccccn1. The number of rotatable bonds is 4. The maximum absolute atomic E-state index is 4.31. The van der Waals surface area contributed by atoms with Crippen molar-refractivity contribution in [2.75, 3.05) is 12.1 Å². The smallest absolute Gasteiger partial charge is 0.148 e. The molecule has 0 saturated heterocycles. The fourth-order valence-electron chi connectivity index (χ4n) is 0.924.